The lowest BCUT2D eigenvalue weighted by Crippen LogP contribution is -2.31. The van der Waals surface area contributed by atoms with Gasteiger partial charge in [0.15, 0.2) is 5.76 Å². The molecule has 20 heavy (non-hydrogen) atoms. The van der Waals surface area contributed by atoms with Gasteiger partial charge in [-0.2, -0.15) is 0 Å². The van der Waals surface area contributed by atoms with Gasteiger partial charge in [-0.1, -0.05) is 0 Å². The van der Waals surface area contributed by atoms with Gasteiger partial charge in [0, 0.05) is 20.1 Å². The fraction of sp³-hybridized carbons (Fsp3) is 0.267. The number of furan rings is 1. The number of hydrogen-bond acceptors (Lipinski definition) is 3. The zero-order chi connectivity index (χ0) is 14.1. The topological polar surface area (TPSA) is 36.7 Å². The molecule has 0 saturated heterocycles. The number of rotatable bonds is 1. The molecule has 4 nitrogen and oxygen atoms in total. The van der Waals surface area contributed by atoms with Gasteiger partial charge < -0.3 is 14.2 Å². The van der Waals surface area contributed by atoms with Crippen LogP contribution < -0.4 is 9.80 Å². The van der Waals surface area contributed by atoms with Gasteiger partial charge in [-0.05, 0) is 36.8 Å². The second-order valence-electron chi connectivity index (χ2n) is 4.84. The Balaban J connectivity index is 2.06. The van der Waals surface area contributed by atoms with Crippen molar-refractivity contribution in [2.24, 2.45) is 0 Å². The van der Waals surface area contributed by atoms with E-state index in [1.54, 1.807) is 23.1 Å². The van der Waals surface area contributed by atoms with Crippen LogP contribution in [-0.2, 0) is 0 Å². The van der Waals surface area contributed by atoms with E-state index in [2.05, 4.69) is 0 Å². The van der Waals surface area contributed by atoms with Crippen molar-refractivity contribution in [1.29, 1.82) is 0 Å². The van der Waals surface area contributed by atoms with Gasteiger partial charge in [0.25, 0.3) is 5.91 Å². The molecule has 1 aromatic carbocycles. The highest BCUT2D eigenvalue weighted by molar-refractivity contribution is 6.06. The largest absolute Gasteiger partial charge is 0.459 e. The number of carbonyl (C=O) groups is 1. The van der Waals surface area contributed by atoms with E-state index in [1.165, 1.54) is 18.4 Å². The molecule has 0 fully saturated rings. The summed E-state index contributed by atoms with van der Waals surface area (Å²) in [6.07, 6.45) is 2.28. The van der Waals surface area contributed by atoms with E-state index >= 15 is 0 Å². The molecule has 0 atom stereocenters. The highest BCUT2D eigenvalue weighted by atomic mass is 19.1. The highest BCUT2D eigenvalue weighted by Crippen LogP contribution is 2.33. The van der Waals surface area contributed by atoms with Crippen molar-refractivity contribution >= 4 is 17.3 Å². The molecule has 1 aromatic heterocycles. The van der Waals surface area contributed by atoms with Crippen LogP contribution in [0.2, 0.25) is 0 Å². The molecule has 0 spiro atoms. The number of benzene rings is 1. The maximum absolute atomic E-state index is 13.6. The van der Waals surface area contributed by atoms with Crippen LogP contribution in [0.5, 0.6) is 0 Å². The Labute approximate surface area is 116 Å². The maximum atomic E-state index is 13.6. The molecule has 1 amide bonds. The predicted octanol–water partition coefficient (Wildman–Crippen LogP) is 2.91. The number of amides is 1. The fourth-order valence-corrected chi connectivity index (χ4v) is 2.49. The van der Waals surface area contributed by atoms with Crippen LogP contribution in [-0.4, -0.2) is 26.0 Å². The van der Waals surface area contributed by atoms with E-state index in [0.717, 1.165) is 18.7 Å². The molecule has 2 heterocycles. The summed E-state index contributed by atoms with van der Waals surface area (Å²) in [5, 5.41) is 0. The van der Waals surface area contributed by atoms with Crippen LogP contribution in [0.15, 0.2) is 41.0 Å². The smallest absolute Gasteiger partial charge is 0.294 e. The monoisotopic (exact) mass is 274 g/mol. The minimum absolute atomic E-state index is 0.239. The summed E-state index contributed by atoms with van der Waals surface area (Å²) in [6.45, 7) is 1.36. The van der Waals surface area contributed by atoms with Gasteiger partial charge in [0.1, 0.15) is 5.82 Å². The van der Waals surface area contributed by atoms with Gasteiger partial charge in [-0.25, -0.2) is 4.39 Å². The first-order chi connectivity index (χ1) is 9.66. The second-order valence-corrected chi connectivity index (χ2v) is 4.84. The SMILES string of the molecule is CN1CCCN(C(=O)c2ccco2)c2cc(F)ccc21. The van der Waals surface area contributed by atoms with Crippen LogP contribution >= 0.6 is 0 Å². The van der Waals surface area contributed by atoms with Gasteiger partial charge in [-0.3, -0.25) is 4.79 Å². The Hall–Kier alpha value is -2.30. The van der Waals surface area contributed by atoms with Gasteiger partial charge >= 0.3 is 0 Å². The fourth-order valence-electron chi connectivity index (χ4n) is 2.49. The van der Waals surface area contributed by atoms with Crippen molar-refractivity contribution in [3.63, 3.8) is 0 Å². The number of carbonyl (C=O) groups excluding carboxylic acids is 1. The average Bonchev–Trinajstić information content (AvgIpc) is 2.91. The minimum atomic E-state index is -0.351. The lowest BCUT2D eigenvalue weighted by molar-refractivity contribution is 0.0960. The normalized spacial score (nSPS) is 14.9. The third kappa shape index (κ3) is 2.15. The van der Waals surface area contributed by atoms with Crippen LogP contribution in [0.25, 0.3) is 0 Å². The zero-order valence-electron chi connectivity index (χ0n) is 11.2. The Bertz CT molecular complexity index is 625. The van der Waals surface area contributed by atoms with E-state index in [1.807, 2.05) is 11.9 Å². The first-order valence-electron chi connectivity index (χ1n) is 6.53. The van der Waals surface area contributed by atoms with Gasteiger partial charge in [0.2, 0.25) is 0 Å². The van der Waals surface area contributed by atoms with E-state index < -0.39 is 0 Å². The molecule has 3 rings (SSSR count). The van der Waals surface area contributed by atoms with Crippen molar-refractivity contribution in [2.45, 2.75) is 6.42 Å². The molecule has 1 aliphatic rings. The number of hydrogen-bond donors (Lipinski definition) is 0. The van der Waals surface area contributed by atoms with Crippen molar-refractivity contribution in [1.82, 2.24) is 0 Å². The Morgan fingerprint density at radius 3 is 2.85 bits per heavy atom. The summed E-state index contributed by atoms with van der Waals surface area (Å²) in [5.41, 5.74) is 1.44. The second kappa shape index (κ2) is 5.00. The minimum Gasteiger partial charge on any atom is -0.459 e. The lowest BCUT2D eigenvalue weighted by Gasteiger charge is -2.23. The van der Waals surface area contributed by atoms with Crippen molar-refractivity contribution < 1.29 is 13.6 Å². The molecule has 0 aliphatic carbocycles. The summed E-state index contributed by atoms with van der Waals surface area (Å²) >= 11 is 0. The average molecular weight is 274 g/mol. The van der Waals surface area contributed by atoms with Crippen molar-refractivity contribution in [2.75, 3.05) is 29.9 Å². The Kier molecular flexibility index (Phi) is 3.18. The lowest BCUT2D eigenvalue weighted by atomic mass is 10.2. The zero-order valence-corrected chi connectivity index (χ0v) is 11.2. The van der Waals surface area contributed by atoms with Gasteiger partial charge in [0.05, 0.1) is 17.6 Å². The molecule has 0 N–H and O–H groups in total. The third-order valence-electron chi connectivity index (χ3n) is 3.49. The summed E-state index contributed by atoms with van der Waals surface area (Å²) < 4.78 is 18.7. The summed E-state index contributed by atoms with van der Waals surface area (Å²) in [4.78, 5) is 16.1. The molecule has 1 aliphatic heterocycles. The summed E-state index contributed by atoms with van der Waals surface area (Å²) in [7, 11) is 1.94. The van der Waals surface area contributed by atoms with E-state index in [0.29, 0.717) is 12.2 Å². The predicted molar refractivity (Wildman–Crippen MR) is 74.7 cm³/mol. The molecule has 0 unspecified atom stereocenters. The van der Waals surface area contributed by atoms with Crippen LogP contribution in [0.3, 0.4) is 0 Å². The molecule has 0 radical (unpaired) electrons. The molecule has 2 aromatic rings. The number of anilines is 2. The highest BCUT2D eigenvalue weighted by Gasteiger charge is 2.26. The number of nitrogens with zero attached hydrogens (tertiary/aromatic N) is 2. The standard InChI is InChI=1S/C15H15FN2O2/c1-17-7-3-8-18(15(19)14-4-2-9-20-14)13-10-11(16)5-6-12(13)17/h2,4-6,9-10H,3,7-8H2,1H3. The molecule has 5 heteroatoms. The van der Waals surface area contributed by atoms with Crippen molar-refractivity contribution in [3.8, 4) is 0 Å². The first kappa shape index (κ1) is 12.7. The summed E-state index contributed by atoms with van der Waals surface area (Å²) in [5.74, 6) is -0.321. The molecular weight excluding hydrogens is 259 g/mol. The molecule has 104 valence electrons. The number of fused-ring (bicyclic) bond motifs is 1. The van der Waals surface area contributed by atoms with Gasteiger partial charge in [-0.15, -0.1) is 0 Å². The van der Waals surface area contributed by atoms with E-state index in [-0.39, 0.29) is 17.5 Å². The van der Waals surface area contributed by atoms with Crippen LogP contribution in [0, 0.1) is 5.82 Å². The Morgan fingerprint density at radius 2 is 2.10 bits per heavy atom. The Morgan fingerprint density at radius 1 is 1.25 bits per heavy atom. The summed E-state index contributed by atoms with van der Waals surface area (Å²) in [6, 6.07) is 7.81. The van der Waals surface area contributed by atoms with E-state index in [4.69, 9.17) is 4.42 Å². The molecule has 0 saturated carbocycles. The first-order valence-corrected chi connectivity index (χ1v) is 6.53. The molecular formula is C15H15FN2O2. The number of halogens is 1. The quantitative estimate of drug-likeness (QED) is 0.802. The maximum Gasteiger partial charge on any atom is 0.294 e. The molecule has 0 bridgehead atoms. The van der Waals surface area contributed by atoms with E-state index in [9.17, 15) is 9.18 Å². The third-order valence-corrected chi connectivity index (χ3v) is 3.49. The van der Waals surface area contributed by atoms with Crippen molar-refractivity contribution in [3.05, 3.63) is 48.2 Å². The van der Waals surface area contributed by atoms with Crippen LogP contribution in [0.4, 0.5) is 15.8 Å². The van der Waals surface area contributed by atoms with Crippen LogP contribution in [0.1, 0.15) is 17.0 Å².